The topological polar surface area (TPSA) is 89.5 Å². The highest BCUT2D eigenvalue weighted by atomic mass is 16.5. The average molecular weight is 405 g/mol. The summed E-state index contributed by atoms with van der Waals surface area (Å²) in [5.74, 6) is 0.483. The molecule has 7 heteroatoms. The molecule has 1 heterocycles. The van der Waals surface area contributed by atoms with E-state index >= 15 is 0 Å². The van der Waals surface area contributed by atoms with Gasteiger partial charge in [0.2, 0.25) is 0 Å². The van der Waals surface area contributed by atoms with Gasteiger partial charge in [-0.1, -0.05) is 24.3 Å². The zero-order valence-corrected chi connectivity index (χ0v) is 16.8. The van der Waals surface area contributed by atoms with Gasteiger partial charge in [0.05, 0.1) is 18.4 Å². The van der Waals surface area contributed by atoms with E-state index < -0.39 is 6.10 Å². The summed E-state index contributed by atoms with van der Waals surface area (Å²) >= 11 is 0. The number of para-hydroxylation sites is 1. The molecule has 30 heavy (non-hydrogen) atoms. The monoisotopic (exact) mass is 405 g/mol. The van der Waals surface area contributed by atoms with Crippen LogP contribution in [0.25, 0.3) is 0 Å². The van der Waals surface area contributed by atoms with Crippen LogP contribution in [0.4, 0.5) is 5.69 Å². The number of carbonyl (C=O) groups excluding carboxylic acids is 2. The van der Waals surface area contributed by atoms with E-state index in [9.17, 15) is 9.59 Å². The van der Waals surface area contributed by atoms with Gasteiger partial charge in [0, 0.05) is 25.0 Å². The second-order valence-electron chi connectivity index (χ2n) is 6.52. The quantitative estimate of drug-likeness (QED) is 0.599. The minimum atomic E-state index is -0.774. The summed E-state index contributed by atoms with van der Waals surface area (Å²) in [7, 11) is 1.56. The molecular weight excluding hydrogens is 382 g/mol. The first-order valence-corrected chi connectivity index (χ1v) is 9.44. The van der Waals surface area contributed by atoms with Crippen molar-refractivity contribution in [2.75, 3.05) is 12.4 Å². The fourth-order valence-corrected chi connectivity index (χ4v) is 2.74. The lowest BCUT2D eigenvalue weighted by atomic mass is 10.1. The largest absolute Gasteiger partial charge is 0.497 e. The van der Waals surface area contributed by atoms with Crippen LogP contribution in [0.2, 0.25) is 0 Å². The number of hydrogen-bond acceptors (Lipinski definition) is 5. The third-order valence-electron chi connectivity index (χ3n) is 4.33. The minimum absolute atomic E-state index is 0.295. The first-order valence-electron chi connectivity index (χ1n) is 9.44. The molecule has 1 atom stereocenters. The Morgan fingerprint density at radius 2 is 1.83 bits per heavy atom. The van der Waals surface area contributed by atoms with Crippen molar-refractivity contribution >= 4 is 17.5 Å². The van der Waals surface area contributed by atoms with Crippen molar-refractivity contribution < 1.29 is 19.1 Å². The standard InChI is InChI=1S/C23H23N3O4/c1-16(30-19-9-5-8-18(13-19)29-2)22(27)26-21-11-4-3-10-20(21)23(28)25-15-17-7-6-12-24-14-17/h3-14,16H,15H2,1-2H3,(H,25,28)(H,26,27)/t16-/m1/s1. The molecule has 0 aliphatic carbocycles. The van der Waals surface area contributed by atoms with Crippen molar-refractivity contribution in [3.63, 3.8) is 0 Å². The van der Waals surface area contributed by atoms with E-state index in [1.165, 1.54) is 0 Å². The Balaban J connectivity index is 1.64. The number of carbonyl (C=O) groups is 2. The maximum atomic E-state index is 12.6. The van der Waals surface area contributed by atoms with Crippen LogP contribution in [0.1, 0.15) is 22.8 Å². The Morgan fingerprint density at radius 1 is 1.03 bits per heavy atom. The Hall–Kier alpha value is -3.87. The van der Waals surface area contributed by atoms with Crippen molar-refractivity contribution in [2.45, 2.75) is 19.6 Å². The molecule has 0 unspecified atom stereocenters. The number of rotatable bonds is 8. The number of benzene rings is 2. The van der Waals surface area contributed by atoms with Crippen LogP contribution in [0.3, 0.4) is 0 Å². The molecule has 1 aromatic heterocycles. The van der Waals surface area contributed by atoms with Gasteiger partial charge in [0.1, 0.15) is 11.5 Å². The lowest BCUT2D eigenvalue weighted by molar-refractivity contribution is -0.122. The van der Waals surface area contributed by atoms with Crippen LogP contribution in [0.5, 0.6) is 11.5 Å². The molecule has 0 fully saturated rings. The number of pyridine rings is 1. The molecule has 3 rings (SSSR count). The predicted octanol–water partition coefficient (Wildman–Crippen LogP) is 3.43. The molecule has 154 valence electrons. The van der Waals surface area contributed by atoms with Crippen LogP contribution >= 0.6 is 0 Å². The third kappa shape index (κ3) is 5.57. The second-order valence-corrected chi connectivity index (χ2v) is 6.52. The van der Waals surface area contributed by atoms with Gasteiger partial charge in [-0.3, -0.25) is 14.6 Å². The van der Waals surface area contributed by atoms with Crippen LogP contribution < -0.4 is 20.1 Å². The van der Waals surface area contributed by atoms with Gasteiger partial charge in [-0.25, -0.2) is 0 Å². The zero-order chi connectivity index (χ0) is 21.3. The van der Waals surface area contributed by atoms with E-state index in [-0.39, 0.29) is 11.8 Å². The SMILES string of the molecule is COc1cccc(O[C@H](C)C(=O)Nc2ccccc2C(=O)NCc2cccnc2)c1. The summed E-state index contributed by atoms with van der Waals surface area (Å²) in [5.41, 5.74) is 1.66. The normalized spacial score (nSPS) is 11.3. The highest BCUT2D eigenvalue weighted by Gasteiger charge is 2.18. The molecule has 0 aliphatic rings. The third-order valence-corrected chi connectivity index (χ3v) is 4.33. The minimum Gasteiger partial charge on any atom is -0.497 e. The lowest BCUT2D eigenvalue weighted by Crippen LogP contribution is -2.31. The Bertz CT molecular complexity index is 1010. The van der Waals surface area contributed by atoms with Gasteiger partial charge in [-0.15, -0.1) is 0 Å². The van der Waals surface area contributed by atoms with E-state index in [0.29, 0.717) is 29.3 Å². The molecule has 0 spiro atoms. The molecule has 2 aromatic carbocycles. The summed E-state index contributed by atoms with van der Waals surface area (Å²) in [6.45, 7) is 1.98. The summed E-state index contributed by atoms with van der Waals surface area (Å²) in [4.78, 5) is 29.3. The van der Waals surface area contributed by atoms with Crippen LogP contribution in [-0.2, 0) is 11.3 Å². The van der Waals surface area contributed by atoms with Crippen molar-refractivity contribution in [1.29, 1.82) is 0 Å². The van der Waals surface area contributed by atoms with E-state index in [1.807, 2.05) is 6.07 Å². The molecular formula is C23H23N3O4. The van der Waals surface area contributed by atoms with Gasteiger partial charge in [-0.05, 0) is 42.8 Å². The molecule has 0 aliphatic heterocycles. The number of ether oxygens (including phenoxy) is 2. The van der Waals surface area contributed by atoms with Gasteiger partial charge < -0.3 is 20.1 Å². The Kier molecular flexibility index (Phi) is 7.00. The predicted molar refractivity (Wildman–Crippen MR) is 114 cm³/mol. The fraction of sp³-hybridized carbons (Fsp3) is 0.174. The van der Waals surface area contributed by atoms with Crippen LogP contribution in [0.15, 0.2) is 73.1 Å². The van der Waals surface area contributed by atoms with Crippen molar-refractivity contribution in [1.82, 2.24) is 10.3 Å². The van der Waals surface area contributed by atoms with Gasteiger partial charge in [-0.2, -0.15) is 0 Å². The molecule has 0 bridgehead atoms. The lowest BCUT2D eigenvalue weighted by Gasteiger charge is -2.17. The number of nitrogens with zero attached hydrogens (tertiary/aromatic N) is 1. The first-order chi connectivity index (χ1) is 14.6. The molecule has 0 saturated carbocycles. The molecule has 0 saturated heterocycles. The number of amides is 2. The van der Waals surface area contributed by atoms with Gasteiger partial charge >= 0.3 is 0 Å². The smallest absolute Gasteiger partial charge is 0.265 e. The Labute approximate surface area is 175 Å². The van der Waals surface area contributed by atoms with E-state index in [1.54, 1.807) is 81.0 Å². The number of aromatic nitrogens is 1. The number of anilines is 1. The van der Waals surface area contributed by atoms with Gasteiger partial charge in [0.25, 0.3) is 11.8 Å². The number of methoxy groups -OCH3 is 1. The summed E-state index contributed by atoms with van der Waals surface area (Å²) < 4.78 is 10.9. The van der Waals surface area contributed by atoms with Crippen molar-refractivity contribution in [2.24, 2.45) is 0 Å². The highest BCUT2D eigenvalue weighted by molar-refractivity contribution is 6.04. The summed E-state index contributed by atoms with van der Waals surface area (Å²) in [6.07, 6.45) is 2.58. The van der Waals surface area contributed by atoms with Crippen molar-refractivity contribution in [3.05, 3.63) is 84.2 Å². The Morgan fingerprint density at radius 3 is 2.60 bits per heavy atom. The van der Waals surface area contributed by atoms with E-state index in [4.69, 9.17) is 9.47 Å². The maximum Gasteiger partial charge on any atom is 0.265 e. The molecule has 2 amide bonds. The number of nitrogens with one attached hydrogen (secondary N) is 2. The average Bonchev–Trinajstić information content (AvgIpc) is 2.78. The van der Waals surface area contributed by atoms with Gasteiger partial charge in [0.15, 0.2) is 6.10 Å². The maximum absolute atomic E-state index is 12.6. The molecule has 3 aromatic rings. The number of hydrogen-bond donors (Lipinski definition) is 2. The highest BCUT2D eigenvalue weighted by Crippen LogP contribution is 2.21. The first kappa shape index (κ1) is 20.9. The molecule has 7 nitrogen and oxygen atoms in total. The van der Waals surface area contributed by atoms with E-state index in [2.05, 4.69) is 15.6 Å². The fourth-order valence-electron chi connectivity index (χ4n) is 2.74. The molecule has 0 radical (unpaired) electrons. The summed E-state index contributed by atoms with van der Waals surface area (Å²) in [6, 6.07) is 17.5. The second kappa shape index (κ2) is 10.1. The van der Waals surface area contributed by atoms with Crippen LogP contribution in [-0.4, -0.2) is 30.0 Å². The van der Waals surface area contributed by atoms with E-state index in [0.717, 1.165) is 5.56 Å². The molecule has 2 N–H and O–H groups in total. The van der Waals surface area contributed by atoms with Crippen LogP contribution in [0, 0.1) is 0 Å². The van der Waals surface area contributed by atoms with Crippen molar-refractivity contribution in [3.8, 4) is 11.5 Å². The zero-order valence-electron chi connectivity index (χ0n) is 16.8. The summed E-state index contributed by atoms with van der Waals surface area (Å²) in [5, 5.41) is 5.61.